The highest BCUT2D eigenvalue weighted by Crippen LogP contribution is 2.27. The maximum Gasteiger partial charge on any atom is 0.221 e. The van der Waals surface area contributed by atoms with E-state index in [0.29, 0.717) is 11.4 Å². The number of thioether (sulfide) groups is 1. The van der Waals surface area contributed by atoms with Crippen LogP contribution in [0.5, 0.6) is 5.75 Å². The first-order valence-corrected chi connectivity index (χ1v) is 7.60. The summed E-state index contributed by atoms with van der Waals surface area (Å²) in [5.74, 6) is 2.91. The third-order valence-electron chi connectivity index (χ3n) is 2.51. The van der Waals surface area contributed by atoms with E-state index in [1.165, 1.54) is 18.4 Å². The molecule has 0 aliphatic rings. The second-order valence-electron chi connectivity index (χ2n) is 4.07. The van der Waals surface area contributed by atoms with E-state index in [4.69, 9.17) is 4.74 Å². The number of nitrogens with one attached hydrogen (secondary N) is 2. The average Bonchev–Trinajstić information content (AvgIpc) is 2.39. The summed E-state index contributed by atoms with van der Waals surface area (Å²) in [7, 11) is 1.60. The monoisotopic (exact) mass is 282 g/mol. The summed E-state index contributed by atoms with van der Waals surface area (Å²) >= 11 is 1.95. The zero-order valence-electron chi connectivity index (χ0n) is 11.8. The third kappa shape index (κ3) is 5.87. The third-order valence-corrected chi connectivity index (χ3v) is 3.50. The minimum atomic E-state index is -0.101. The van der Waals surface area contributed by atoms with Crippen molar-refractivity contribution in [2.75, 3.05) is 35.8 Å². The van der Waals surface area contributed by atoms with Crippen LogP contribution in [0.15, 0.2) is 18.2 Å². The zero-order chi connectivity index (χ0) is 14.1. The van der Waals surface area contributed by atoms with Crippen molar-refractivity contribution in [3.8, 4) is 5.75 Å². The van der Waals surface area contributed by atoms with Crippen molar-refractivity contribution in [3.05, 3.63) is 18.2 Å². The first-order valence-electron chi connectivity index (χ1n) is 6.44. The topological polar surface area (TPSA) is 50.4 Å². The Bertz CT molecular complexity index is 410. The first kappa shape index (κ1) is 15.7. The number of amides is 1. The molecule has 0 fully saturated rings. The summed E-state index contributed by atoms with van der Waals surface area (Å²) in [5, 5.41) is 6.09. The van der Waals surface area contributed by atoms with E-state index in [1.54, 1.807) is 7.11 Å². The van der Waals surface area contributed by atoms with Crippen LogP contribution in [0.25, 0.3) is 0 Å². The number of rotatable bonds is 8. The number of ether oxygens (including phenoxy) is 1. The SMILES string of the molecule is CCSCCCNc1ccc(NC(C)=O)c(OC)c1. The van der Waals surface area contributed by atoms with Crippen LogP contribution < -0.4 is 15.4 Å². The van der Waals surface area contributed by atoms with E-state index in [2.05, 4.69) is 17.6 Å². The molecule has 1 aromatic rings. The molecule has 0 aliphatic heterocycles. The van der Waals surface area contributed by atoms with Crippen LogP contribution in [-0.4, -0.2) is 31.1 Å². The van der Waals surface area contributed by atoms with Crippen molar-refractivity contribution < 1.29 is 9.53 Å². The predicted molar refractivity (Wildman–Crippen MR) is 83.4 cm³/mol. The van der Waals surface area contributed by atoms with Gasteiger partial charge in [0, 0.05) is 25.2 Å². The molecule has 106 valence electrons. The van der Waals surface area contributed by atoms with Gasteiger partial charge in [0.25, 0.3) is 0 Å². The minimum absolute atomic E-state index is 0.101. The highest BCUT2D eigenvalue weighted by molar-refractivity contribution is 7.99. The van der Waals surface area contributed by atoms with Gasteiger partial charge in [-0.05, 0) is 30.1 Å². The van der Waals surface area contributed by atoms with Crippen LogP contribution in [0.2, 0.25) is 0 Å². The van der Waals surface area contributed by atoms with E-state index < -0.39 is 0 Å². The maximum absolute atomic E-state index is 11.1. The summed E-state index contributed by atoms with van der Waals surface area (Å²) < 4.78 is 5.27. The van der Waals surface area contributed by atoms with Gasteiger partial charge in [-0.25, -0.2) is 0 Å². The molecular formula is C14H22N2O2S. The number of hydrogen-bond donors (Lipinski definition) is 2. The lowest BCUT2D eigenvalue weighted by molar-refractivity contribution is -0.114. The first-order chi connectivity index (χ1) is 9.17. The van der Waals surface area contributed by atoms with E-state index in [1.807, 2.05) is 30.0 Å². The van der Waals surface area contributed by atoms with Gasteiger partial charge in [0.2, 0.25) is 5.91 Å². The molecule has 1 amide bonds. The van der Waals surface area contributed by atoms with Crippen LogP contribution in [-0.2, 0) is 4.79 Å². The lowest BCUT2D eigenvalue weighted by Gasteiger charge is -2.12. The molecule has 0 unspecified atom stereocenters. The van der Waals surface area contributed by atoms with E-state index in [9.17, 15) is 4.79 Å². The van der Waals surface area contributed by atoms with Crippen molar-refractivity contribution in [2.24, 2.45) is 0 Å². The standard InChI is InChI=1S/C14H22N2O2S/c1-4-19-9-5-8-15-12-6-7-13(16-11(2)17)14(10-12)18-3/h6-7,10,15H,4-5,8-9H2,1-3H3,(H,16,17). The van der Waals surface area contributed by atoms with Gasteiger partial charge in [0.1, 0.15) is 5.75 Å². The Balaban J connectivity index is 2.53. The smallest absolute Gasteiger partial charge is 0.221 e. The molecular weight excluding hydrogens is 260 g/mol. The number of hydrogen-bond acceptors (Lipinski definition) is 4. The molecule has 0 heterocycles. The molecule has 0 saturated heterocycles. The van der Waals surface area contributed by atoms with Crippen LogP contribution >= 0.6 is 11.8 Å². The fourth-order valence-electron chi connectivity index (χ4n) is 1.65. The Kier molecular flexibility index (Phi) is 7.18. The number of carbonyl (C=O) groups is 1. The molecule has 0 spiro atoms. The second kappa shape index (κ2) is 8.69. The second-order valence-corrected chi connectivity index (χ2v) is 5.47. The molecule has 0 radical (unpaired) electrons. The summed E-state index contributed by atoms with van der Waals surface area (Å²) in [4.78, 5) is 11.1. The average molecular weight is 282 g/mol. The van der Waals surface area contributed by atoms with Crippen LogP contribution in [0.3, 0.4) is 0 Å². The molecule has 19 heavy (non-hydrogen) atoms. The van der Waals surface area contributed by atoms with Gasteiger partial charge in [-0.2, -0.15) is 11.8 Å². The number of methoxy groups -OCH3 is 1. The van der Waals surface area contributed by atoms with Gasteiger partial charge in [-0.3, -0.25) is 4.79 Å². The van der Waals surface area contributed by atoms with Crippen molar-refractivity contribution in [3.63, 3.8) is 0 Å². The normalized spacial score (nSPS) is 10.1. The minimum Gasteiger partial charge on any atom is -0.494 e. The number of anilines is 2. The molecule has 0 saturated carbocycles. The summed E-state index contributed by atoms with van der Waals surface area (Å²) in [6.07, 6.45) is 1.13. The Morgan fingerprint density at radius 1 is 1.42 bits per heavy atom. The van der Waals surface area contributed by atoms with Crippen molar-refractivity contribution in [1.82, 2.24) is 0 Å². The summed E-state index contributed by atoms with van der Waals surface area (Å²) in [6.45, 7) is 4.59. The predicted octanol–water partition coefficient (Wildman–Crippen LogP) is 3.21. The largest absolute Gasteiger partial charge is 0.494 e. The maximum atomic E-state index is 11.1. The molecule has 1 aromatic carbocycles. The molecule has 0 aliphatic carbocycles. The molecule has 1 rings (SSSR count). The van der Waals surface area contributed by atoms with Gasteiger partial charge in [-0.15, -0.1) is 0 Å². The summed E-state index contributed by atoms with van der Waals surface area (Å²) in [6, 6.07) is 5.70. The zero-order valence-corrected chi connectivity index (χ0v) is 12.6. The van der Waals surface area contributed by atoms with Crippen LogP contribution in [0.4, 0.5) is 11.4 Å². The molecule has 0 bridgehead atoms. The van der Waals surface area contributed by atoms with Gasteiger partial charge in [0.05, 0.1) is 12.8 Å². The number of carbonyl (C=O) groups excluding carboxylic acids is 1. The van der Waals surface area contributed by atoms with Crippen molar-refractivity contribution >= 4 is 29.0 Å². The van der Waals surface area contributed by atoms with Crippen molar-refractivity contribution in [1.29, 1.82) is 0 Å². The van der Waals surface area contributed by atoms with Crippen molar-refractivity contribution in [2.45, 2.75) is 20.3 Å². The molecule has 0 atom stereocenters. The Morgan fingerprint density at radius 2 is 2.21 bits per heavy atom. The molecule has 0 aromatic heterocycles. The van der Waals surface area contributed by atoms with Crippen LogP contribution in [0.1, 0.15) is 20.3 Å². The van der Waals surface area contributed by atoms with Gasteiger partial charge in [0.15, 0.2) is 0 Å². The van der Waals surface area contributed by atoms with Gasteiger partial charge < -0.3 is 15.4 Å². The Morgan fingerprint density at radius 3 is 2.84 bits per heavy atom. The molecule has 2 N–H and O–H groups in total. The molecule has 4 nitrogen and oxygen atoms in total. The fraction of sp³-hybridized carbons (Fsp3) is 0.500. The van der Waals surface area contributed by atoms with E-state index in [-0.39, 0.29) is 5.91 Å². The van der Waals surface area contributed by atoms with Crippen LogP contribution in [0, 0.1) is 0 Å². The molecule has 5 heteroatoms. The summed E-state index contributed by atoms with van der Waals surface area (Å²) in [5.41, 5.74) is 1.70. The van der Waals surface area contributed by atoms with Gasteiger partial charge >= 0.3 is 0 Å². The van der Waals surface area contributed by atoms with E-state index >= 15 is 0 Å². The quantitative estimate of drug-likeness (QED) is 0.719. The Hall–Kier alpha value is -1.36. The highest BCUT2D eigenvalue weighted by atomic mass is 32.2. The fourth-order valence-corrected chi connectivity index (χ4v) is 2.28. The highest BCUT2D eigenvalue weighted by Gasteiger charge is 2.05. The lowest BCUT2D eigenvalue weighted by atomic mass is 10.2. The van der Waals surface area contributed by atoms with E-state index in [0.717, 1.165) is 18.7 Å². The Labute approximate surface area is 119 Å². The lowest BCUT2D eigenvalue weighted by Crippen LogP contribution is -2.08. The van der Waals surface area contributed by atoms with Gasteiger partial charge in [-0.1, -0.05) is 6.92 Å². The number of benzene rings is 1.